The number of fused-ring (bicyclic) bond motifs is 1. The molecular formula is C16H10N2O5S. The Balaban J connectivity index is 1.52. The fraction of sp³-hybridized carbons (Fsp3) is 0.0625. The van der Waals surface area contributed by atoms with Gasteiger partial charge in [-0.1, -0.05) is 30.0 Å². The number of aromatic nitrogens is 2. The largest absolute Gasteiger partial charge is 0.502 e. The lowest BCUT2D eigenvalue weighted by atomic mass is 10.2. The Bertz CT molecular complexity index is 1030. The van der Waals surface area contributed by atoms with E-state index < -0.39 is 11.2 Å². The molecule has 0 unspecified atom stereocenters. The maximum atomic E-state index is 11.3. The number of furan rings is 1. The number of hydrogen-bond donors (Lipinski definition) is 1. The number of benzene rings is 1. The molecule has 4 rings (SSSR count). The Morgan fingerprint density at radius 1 is 1.12 bits per heavy atom. The Morgan fingerprint density at radius 2 is 2.00 bits per heavy atom. The number of thioether (sulfide) groups is 1. The van der Waals surface area contributed by atoms with Crippen LogP contribution in [0.25, 0.3) is 22.6 Å². The molecule has 0 aliphatic rings. The lowest BCUT2D eigenvalue weighted by Crippen LogP contribution is -1.98. The van der Waals surface area contributed by atoms with E-state index in [0.29, 0.717) is 22.5 Å². The first-order valence-electron chi connectivity index (χ1n) is 6.95. The van der Waals surface area contributed by atoms with Gasteiger partial charge in [-0.3, -0.25) is 4.79 Å². The van der Waals surface area contributed by atoms with Crippen LogP contribution in [0.5, 0.6) is 5.75 Å². The molecule has 0 radical (unpaired) electrons. The third-order valence-electron chi connectivity index (χ3n) is 3.25. The van der Waals surface area contributed by atoms with Crippen LogP contribution in [0.1, 0.15) is 5.76 Å². The molecule has 1 N–H and O–H groups in total. The molecular weight excluding hydrogens is 332 g/mol. The van der Waals surface area contributed by atoms with Crippen LogP contribution >= 0.6 is 11.8 Å². The topological polar surface area (TPSA) is 102 Å². The predicted octanol–water partition coefficient (Wildman–Crippen LogP) is 3.43. The van der Waals surface area contributed by atoms with E-state index in [1.165, 1.54) is 17.8 Å². The maximum Gasteiger partial charge on any atom is 0.284 e. The van der Waals surface area contributed by atoms with Gasteiger partial charge in [0.1, 0.15) is 17.6 Å². The first-order valence-corrected chi connectivity index (χ1v) is 7.93. The molecule has 120 valence electrons. The Hall–Kier alpha value is -3.00. The molecule has 24 heavy (non-hydrogen) atoms. The van der Waals surface area contributed by atoms with Gasteiger partial charge in [0.2, 0.25) is 5.43 Å². The van der Waals surface area contributed by atoms with E-state index in [1.54, 1.807) is 0 Å². The number of nitrogens with zero attached hydrogens (tertiary/aromatic N) is 2. The van der Waals surface area contributed by atoms with E-state index in [-0.39, 0.29) is 5.89 Å². The van der Waals surface area contributed by atoms with Crippen molar-refractivity contribution in [2.75, 3.05) is 0 Å². The summed E-state index contributed by atoms with van der Waals surface area (Å²) in [5.41, 5.74) is 0.246. The standard InChI is InChI=1S/C16H10N2O5S/c19-11-6-10(21-7-12(11)20)8-24-16-18-17-15(23-16)14-5-9-3-1-2-4-13(9)22-14/h1-7,20H,8H2. The Kier molecular flexibility index (Phi) is 3.58. The molecule has 0 fully saturated rings. The van der Waals surface area contributed by atoms with Crippen molar-refractivity contribution in [3.8, 4) is 17.4 Å². The molecule has 0 saturated carbocycles. The second-order valence-electron chi connectivity index (χ2n) is 4.91. The summed E-state index contributed by atoms with van der Waals surface area (Å²) in [6, 6.07) is 10.6. The minimum atomic E-state index is -0.495. The fourth-order valence-electron chi connectivity index (χ4n) is 2.11. The molecule has 7 nitrogen and oxygen atoms in total. The maximum absolute atomic E-state index is 11.3. The van der Waals surface area contributed by atoms with Crippen LogP contribution < -0.4 is 5.43 Å². The molecule has 0 spiro atoms. The highest BCUT2D eigenvalue weighted by Crippen LogP contribution is 2.29. The quantitative estimate of drug-likeness (QED) is 0.563. The second kappa shape index (κ2) is 5.89. The van der Waals surface area contributed by atoms with Crippen molar-refractivity contribution in [3.63, 3.8) is 0 Å². The highest BCUT2D eigenvalue weighted by atomic mass is 32.2. The van der Waals surface area contributed by atoms with Crippen molar-refractivity contribution in [2.45, 2.75) is 11.0 Å². The SMILES string of the molecule is O=c1cc(CSc2nnc(-c3cc4ccccc4o3)o2)occ1O. The van der Waals surface area contributed by atoms with Crippen LogP contribution in [-0.4, -0.2) is 15.3 Å². The normalized spacial score (nSPS) is 11.2. The summed E-state index contributed by atoms with van der Waals surface area (Å²) in [4.78, 5) is 11.3. The van der Waals surface area contributed by atoms with Crippen molar-refractivity contribution in [1.82, 2.24) is 10.2 Å². The minimum Gasteiger partial charge on any atom is -0.502 e. The van der Waals surface area contributed by atoms with Crippen LogP contribution in [0.2, 0.25) is 0 Å². The zero-order chi connectivity index (χ0) is 16.5. The lowest BCUT2D eigenvalue weighted by Gasteiger charge is -1.96. The molecule has 0 atom stereocenters. The zero-order valence-corrected chi connectivity index (χ0v) is 12.9. The molecule has 4 aromatic rings. The molecule has 0 saturated heterocycles. The minimum absolute atomic E-state index is 0.279. The number of rotatable bonds is 4. The zero-order valence-electron chi connectivity index (χ0n) is 12.1. The van der Waals surface area contributed by atoms with Crippen molar-refractivity contribution in [2.24, 2.45) is 0 Å². The molecule has 3 heterocycles. The summed E-state index contributed by atoms with van der Waals surface area (Å²) < 4.78 is 16.3. The van der Waals surface area contributed by atoms with Gasteiger partial charge in [0, 0.05) is 11.5 Å². The van der Waals surface area contributed by atoms with Gasteiger partial charge in [-0.2, -0.15) is 0 Å². The smallest absolute Gasteiger partial charge is 0.284 e. The van der Waals surface area contributed by atoms with Gasteiger partial charge >= 0.3 is 0 Å². The van der Waals surface area contributed by atoms with Crippen LogP contribution in [0.3, 0.4) is 0 Å². The lowest BCUT2D eigenvalue weighted by molar-refractivity contribution is 0.418. The summed E-state index contributed by atoms with van der Waals surface area (Å²) in [7, 11) is 0. The van der Waals surface area contributed by atoms with E-state index in [4.69, 9.17) is 18.4 Å². The first kappa shape index (κ1) is 14.6. The van der Waals surface area contributed by atoms with Gasteiger partial charge in [0.25, 0.3) is 11.1 Å². The summed E-state index contributed by atoms with van der Waals surface area (Å²) in [6.07, 6.45) is 1.01. The average Bonchev–Trinajstić information content (AvgIpc) is 3.22. The molecule has 1 aromatic carbocycles. The van der Waals surface area contributed by atoms with E-state index in [0.717, 1.165) is 17.2 Å². The van der Waals surface area contributed by atoms with Crippen LogP contribution in [0.4, 0.5) is 0 Å². The highest BCUT2D eigenvalue weighted by molar-refractivity contribution is 7.98. The van der Waals surface area contributed by atoms with Gasteiger partial charge in [0.05, 0.1) is 5.75 Å². The predicted molar refractivity (Wildman–Crippen MR) is 85.7 cm³/mol. The second-order valence-corrected chi connectivity index (χ2v) is 5.83. The van der Waals surface area contributed by atoms with Crippen molar-refractivity contribution in [1.29, 1.82) is 0 Å². The van der Waals surface area contributed by atoms with Gasteiger partial charge < -0.3 is 18.4 Å². The van der Waals surface area contributed by atoms with Crippen LogP contribution in [0.15, 0.2) is 65.9 Å². The van der Waals surface area contributed by atoms with E-state index in [9.17, 15) is 4.79 Å². The molecule has 0 amide bonds. The third kappa shape index (κ3) is 2.79. The summed E-state index contributed by atoms with van der Waals surface area (Å²) in [6.45, 7) is 0. The summed E-state index contributed by atoms with van der Waals surface area (Å²) >= 11 is 1.21. The highest BCUT2D eigenvalue weighted by Gasteiger charge is 2.14. The van der Waals surface area contributed by atoms with Crippen LogP contribution in [-0.2, 0) is 5.75 Å². The number of hydrogen-bond acceptors (Lipinski definition) is 8. The monoisotopic (exact) mass is 342 g/mol. The van der Waals surface area contributed by atoms with Crippen molar-refractivity contribution >= 4 is 22.7 Å². The average molecular weight is 342 g/mol. The van der Waals surface area contributed by atoms with E-state index in [2.05, 4.69) is 10.2 Å². The molecule has 0 aliphatic heterocycles. The van der Waals surface area contributed by atoms with Crippen molar-refractivity contribution < 1.29 is 18.4 Å². The van der Waals surface area contributed by atoms with E-state index >= 15 is 0 Å². The molecule has 0 aliphatic carbocycles. The number of aromatic hydroxyl groups is 1. The van der Waals surface area contributed by atoms with E-state index in [1.807, 2.05) is 30.3 Å². The molecule has 0 bridgehead atoms. The number of para-hydroxylation sites is 1. The van der Waals surface area contributed by atoms with Gasteiger partial charge in [-0.25, -0.2) is 0 Å². The first-order chi connectivity index (χ1) is 11.7. The van der Waals surface area contributed by atoms with Gasteiger partial charge in [0.15, 0.2) is 11.5 Å². The Labute approximate surface area is 138 Å². The third-order valence-corrected chi connectivity index (χ3v) is 4.09. The summed E-state index contributed by atoms with van der Waals surface area (Å²) in [5, 5.41) is 18.3. The fourth-order valence-corrected chi connectivity index (χ4v) is 2.76. The van der Waals surface area contributed by atoms with Gasteiger partial charge in [-0.15, -0.1) is 10.2 Å². The molecule has 8 heteroatoms. The summed E-state index contributed by atoms with van der Waals surface area (Å²) in [5.74, 6) is 1.06. The van der Waals surface area contributed by atoms with Crippen LogP contribution in [0, 0.1) is 0 Å². The Morgan fingerprint density at radius 3 is 2.83 bits per heavy atom. The van der Waals surface area contributed by atoms with Crippen molar-refractivity contribution in [3.05, 3.63) is 58.6 Å². The molecule has 3 aromatic heterocycles. The van der Waals surface area contributed by atoms with Gasteiger partial charge in [-0.05, 0) is 12.1 Å².